The van der Waals surface area contributed by atoms with Crippen LogP contribution in [0.15, 0.2) is 47.6 Å². The van der Waals surface area contributed by atoms with Crippen molar-refractivity contribution in [2.24, 2.45) is 0 Å². The lowest BCUT2D eigenvalue weighted by atomic mass is 10.0. The lowest BCUT2D eigenvalue weighted by Gasteiger charge is -2.40. The van der Waals surface area contributed by atoms with Crippen molar-refractivity contribution in [3.8, 4) is 0 Å². The zero-order valence-corrected chi connectivity index (χ0v) is 18.7. The number of hydrogen-bond donors (Lipinski definition) is 3. The molecule has 2 aliphatic rings. The van der Waals surface area contributed by atoms with E-state index in [1.807, 2.05) is 6.92 Å². The zero-order valence-electron chi connectivity index (χ0n) is 17.9. The average molecular weight is 464 g/mol. The molecule has 1 aromatic carbocycles. The number of ether oxygens (including phenoxy) is 1. The number of aromatic nitrogens is 2. The highest BCUT2D eigenvalue weighted by Gasteiger charge is 2.47. The van der Waals surface area contributed by atoms with E-state index < -0.39 is 34.4 Å². The van der Waals surface area contributed by atoms with Crippen molar-refractivity contribution in [2.45, 2.75) is 36.2 Å². The Labute approximate surface area is 187 Å². The van der Waals surface area contributed by atoms with Crippen LogP contribution in [0.4, 0.5) is 5.95 Å². The molecule has 0 unspecified atom stereocenters. The molecule has 0 aliphatic carbocycles. The van der Waals surface area contributed by atoms with E-state index in [9.17, 15) is 18.6 Å². The fourth-order valence-corrected chi connectivity index (χ4v) is 5.31. The van der Waals surface area contributed by atoms with E-state index >= 15 is 0 Å². The lowest BCUT2D eigenvalue weighted by Crippen LogP contribution is -2.57. The maximum absolute atomic E-state index is 12.7. The van der Waals surface area contributed by atoms with Gasteiger partial charge in [-0.05, 0) is 25.1 Å². The van der Waals surface area contributed by atoms with Crippen LogP contribution >= 0.6 is 0 Å². The van der Waals surface area contributed by atoms with E-state index in [1.165, 1.54) is 0 Å². The Hall–Kier alpha value is -2.15. The lowest BCUT2D eigenvalue weighted by molar-refractivity contribution is -0.0201. The molecule has 2 fully saturated rings. The van der Waals surface area contributed by atoms with Gasteiger partial charge in [-0.3, -0.25) is 4.90 Å². The van der Waals surface area contributed by atoms with Crippen molar-refractivity contribution >= 4 is 16.0 Å². The van der Waals surface area contributed by atoms with Crippen molar-refractivity contribution < 1.29 is 23.4 Å². The second-order valence-corrected chi connectivity index (χ2v) is 9.88. The second-order valence-electron chi connectivity index (χ2n) is 8.11. The number of aliphatic hydroxyl groups is 2. The molecule has 4 rings (SSSR count). The first-order valence-electron chi connectivity index (χ1n) is 10.7. The first-order chi connectivity index (χ1) is 15.4. The standard InChI is InChI=1S/C21H29N5O5S/c1-15-3-5-16(6-4-15)32(29,30)24-13-17-19(20(28)18(14-27)31-17)25-9-11-26(12-10-25)21-22-7-2-8-23-21/h2-8,17-20,24,27-28H,9-14H2,1H3/t17-,18+,19+,20-/m1/s1. The third-order valence-corrected chi connectivity index (χ3v) is 7.46. The molecule has 0 radical (unpaired) electrons. The monoisotopic (exact) mass is 463 g/mol. The number of hydrogen-bond acceptors (Lipinski definition) is 9. The Morgan fingerprint density at radius 2 is 1.75 bits per heavy atom. The molecule has 32 heavy (non-hydrogen) atoms. The summed E-state index contributed by atoms with van der Waals surface area (Å²) in [6.07, 6.45) is 1.12. The number of nitrogens with zero attached hydrogens (tertiary/aromatic N) is 4. The average Bonchev–Trinajstić information content (AvgIpc) is 3.14. The Balaban J connectivity index is 1.42. The van der Waals surface area contributed by atoms with Crippen LogP contribution in [0.5, 0.6) is 0 Å². The number of rotatable bonds is 7. The molecule has 0 bridgehead atoms. The number of benzene rings is 1. The van der Waals surface area contributed by atoms with Crippen molar-refractivity contribution in [3.05, 3.63) is 48.3 Å². The molecule has 4 atom stereocenters. The molecule has 174 valence electrons. The number of anilines is 1. The number of sulfonamides is 1. The van der Waals surface area contributed by atoms with Gasteiger partial charge in [-0.1, -0.05) is 17.7 Å². The topological polar surface area (TPSA) is 128 Å². The van der Waals surface area contributed by atoms with Crippen molar-refractivity contribution in [2.75, 3.05) is 44.2 Å². The first kappa shape index (κ1) is 23.0. The fraction of sp³-hybridized carbons (Fsp3) is 0.524. The molecular formula is C21H29N5O5S. The summed E-state index contributed by atoms with van der Waals surface area (Å²) in [4.78, 5) is 12.9. The molecule has 2 saturated heterocycles. The number of piperazine rings is 1. The predicted octanol–water partition coefficient (Wildman–Crippen LogP) is -0.625. The molecule has 3 N–H and O–H groups in total. The Bertz CT molecular complexity index is 983. The third kappa shape index (κ3) is 4.92. The predicted molar refractivity (Wildman–Crippen MR) is 118 cm³/mol. The van der Waals surface area contributed by atoms with Gasteiger partial charge in [0.2, 0.25) is 16.0 Å². The van der Waals surface area contributed by atoms with Gasteiger partial charge < -0.3 is 19.8 Å². The van der Waals surface area contributed by atoms with E-state index in [2.05, 4.69) is 24.5 Å². The van der Waals surface area contributed by atoms with Crippen LogP contribution < -0.4 is 9.62 Å². The maximum atomic E-state index is 12.7. The normalized spacial score (nSPS) is 27.0. The van der Waals surface area contributed by atoms with Gasteiger partial charge in [0, 0.05) is 45.1 Å². The largest absolute Gasteiger partial charge is 0.394 e. The molecular weight excluding hydrogens is 434 g/mol. The second kappa shape index (κ2) is 9.77. The number of aliphatic hydroxyl groups excluding tert-OH is 2. The fourth-order valence-electron chi connectivity index (χ4n) is 4.26. The van der Waals surface area contributed by atoms with E-state index in [0.717, 1.165) is 5.56 Å². The summed E-state index contributed by atoms with van der Waals surface area (Å²) in [5, 5.41) is 20.4. The van der Waals surface area contributed by atoms with Crippen molar-refractivity contribution in [1.82, 2.24) is 19.6 Å². The zero-order chi connectivity index (χ0) is 22.7. The van der Waals surface area contributed by atoms with E-state index in [4.69, 9.17) is 4.74 Å². The van der Waals surface area contributed by atoms with Crippen LogP contribution in [-0.4, -0.2) is 97.2 Å². The summed E-state index contributed by atoms with van der Waals surface area (Å²) in [6.45, 7) is 4.14. The van der Waals surface area contributed by atoms with Gasteiger partial charge in [0.05, 0.1) is 23.6 Å². The highest BCUT2D eigenvalue weighted by molar-refractivity contribution is 7.89. The Morgan fingerprint density at radius 1 is 1.09 bits per heavy atom. The minimum absolute atomic E-state index is 0.00352. The molecule has 0 amide bonds. The number of nitrogens with one attached hydrogen (secondary N) is 1. The molecule has 0 saturated carbocycles. The minimum Gasteiger partial charge on any atom is -0.394 e. The summed E-state index contributed by atoms with van der Waals surface area (Å²) >= 11 is 0. The first-order valence-corrected chi connectivity index (χ1v) is 12.1. The third-order valence-electron chi connectivity index (χ3n) is 6.02. The molecule has 10 nitrogen and oxygen atoms in total. The van der Waals surface area contributed by atoms with Crippen LogP contribution in [0.1, 0.15) is 5.56 Å². The summed E-state index contributed by atoms with van der Waals surface area (Å²) in [6, 6.07) is 7.92. The van der Waals surface area contributed by atoms with Gasteiger partial charge >= 0.3 is 0 Å². The molecule has 0 spiro atoms. The van der Waals surface area contributed by atoms with Crippen LogP contribution in [0.3, 0.4) is 0 Å². The summed E-state index contributed by atoms with van der Waals surface area (Å²) in [5.74, 6) is 0.658. The van der Waals surface area contributed by atoms with Gasteiger partial charge in [-0.15, -0.1) is 0 Å². The molecule has 3 heterocycles. The molecule has 2 aromatic rings. The van der Waals surface area contributed by atoms with E-state index in [1.54, 1.807) is 42.7 Å². The van der Waals surface area contributed by atoms with E-state index in [0.29, 0.717) is 32.1 Å². The number of aryl methyl sites for hydroxylation is 1. The Kier molecular flexibility index (Phi) is 7.03. The summed E-state index contributed by atoms with van der Waals surface area (Å²) in [7, 11) is -3.72. The van der Waals surface area contributed by atoms with Crippen molar-refractivity contribution in [1.29, 1.82) is 0 Å². The molecule has 2 aliphatic heterocycles. The van der Waals surface area contributed by atoms with Crippen LogP contribution in [0, 0.1) is 6.92 Å². The van der Waals surface area contributed by atoms with Crippen LogP contribution in [0.25, 0.3) is 0 Å². The molecule has 1 aromatic heterocycles. The quantitative estimate of drug-likeness (QED) is 0.492. The maximum Gasteiger partial charge on any atom is 0.240 e. The summed E-state index contributed by atoms with van der Waals surface area (Å²) in [5.41, 5.74) is 0.970. The van der Waals surface area contributed by atoms with Crippen LogP contribution in [-0.2, 0) is 14.8 Å². The van der Waals surface area contributed by atoms with Gasteiger partial charge in [0.15, 0.2) is 0 Å². The minimum atomic E-state index is -3.72. The van der Waals surface area contributed by atoms with Crippen molar-refractivity contribution in [3.63, 3.8) is 0 Å². The highest BCUT2D eigenvalue weighted by atomic mass is 32.2. The summed E-state index contributed by atoms with van der Waals surface area (Å²) < 4.78 is 33.9. The SMILES string of the molecule is Cc1ccc(S(=O)(=O)NC[C@H]2O[C@@H](CO)[C@@H](O)[C@H]2N2CCN(c3ncccn3)CC2)cc1. The van der Waals surface area contributed by atoms with Gasteiger partial charge in [0.25, 0.3) is 0 Å². The van der Waals surface area contributed by atoms with Gasteiger partial charge in [-0.25, -0.2) is 23.1 Å². The molecule has 11 heteroatoms. The Morgan fingerprint density at radius 3 is 2.38 bits per heavy atom. The van der Waals surface area contributed by atoms with Crippen LogP contribution in [0.2, 0.25) is 0 Å². The van der Waals surface area contributed by atoms with E-state index in [-0.39, 0.29) is 18.0 Å². The van der Waals surface area contributed by atoms with Gasteiger partial charge in [0.1, 0.15) is 12.2 Å². The van der Waals surface area contributed by atoms with Gasteiger partial charge in [-0.2, -0.15) is 0 Å². The highest BCUT2D eigenvalue weighted by Crippen LogP contribution is 2.27. The smallest absolute Gasteiger partial charge is 0.240 e.